The van der Waals surface area contributed by atoms with Gasteiger partial charge in [0, 0.05) is 18.5 Å². The molecular weight excluding hydrogens is 345 g/mol. The fourth-order valence-corrected chi connectivity index (χ4v) is 3.59. The van der Waals surface area contributed by atoms with Gasteiger partial charge in [-0.15, -0.1) is 0 Å². The van der Waals surface area contributed by atoms with Crippen LogP contribution < -0.4 is 10.1 Å². The number of hydrogen-bond acceptors (Lipinski definition) is 4. The third-order valence-electron chi connectivity index (χ3n) is 3.60. The summed E-state index contributed by atoms with van der Waals surface area (Å²) in [6, 6.07) is 12.9. The molecule has 0 aromatic heterocycles. The zero-order valence-electron chi connectivity index (χ0n) is 13.9. The Kier molecular flexibility index (Phi) is 6.52. The molecule has 1 amide bonds. The highest BCUT2D eigenvalue weighted by molar-refractivity contribution is 7.90. The summed E-state index contributed by atoms with van der Waals surface area (Å²) in [6.07, 6.45) is -0.166. The van der Waals surface area contributed by atoms with Crippen molar-refractivity contribution in [1.82, 2.24) is 5.32 Å². The molecule has 0 heterocycles. The molecule has 25 heavy (non-hydrogen) atoms. The molecule has 0 bridgehead atoms. The number of benzene rings is 2. The Morgan fingerprint density at radius 1 is 1.16 bits per heavy atom. The van der Waals surface area contributed by atoms with Gasteiger partial charge in [-0.3, -0.25) is 4.79 Å². The van der Waals surface area contributed by atoms with Crippen molar-refractivity contribution in [3.05, 3.63) is 65.5 Å². The molecule has 0 saturated heterocycles. The summed E-state index contributed by atoms with van der Waals surface area (Å²) in [4.78, 5) is 11.9. The smallest absolute Gasteiger partial charge is 0.221 e. The number of ether oxygens (including phenoxy) is 1. The third-order valence-corrected chi connectivity index (χ3v) is 5.17. The summed E-state index contributed by atoms with van der Waals surface area (Å²) in [7, 11) is -2.01. The minimum Gasteiger partial charge on any atom is -0.497 e. The van der Waals surface area contributed by atoms with Crippen molar-refractivity contribution in [2.24, 2.45) is 0 Å². The van der Waals surface area contributed by atoms with Crippen LogP contribution in [-0.4, -0.2) is 27.2 Å². The molecule has 5 nitrogen and oxygen atoms in total. The first-order valence-electron chi connectivity index (χ1n) is 7.73. The maximum Gasteiger partial charge on any atom is 0.221 e. The molecule has 0 unspecified atom stereocenters. The zero-order valence-corrected chi connectivity index (χ0v) is 14.7. The van der Waals surface area contributed by atoms with Crippen LogP contribution in [0.3, 0.4) is 0 Å². The van der Waals surface area contributed by atoms with Crippen molar-refractivity contribution in [3.8, 4) is 5.75 Å². The topological polar surface area (TPSA) is 72.5 Å². The van der Waals surface area contributed by atoms with Crippen LogP contribution in [0.2, 0.25) is 0 Å². The maximum atomic E-state index is 13.5. The second-order valence-corrected chi connectivity index (χ2v) is 7.75. The van der Waals surface area contributed by atoms with E-state index in [0.29, 0.717) is 5.75 Å². The molecule has 2 aromatic carbocycles. The Hall–Kier alpha value is -2.41. The number of sulfone groups is 1. The quantitative estimate of drug-likeness (QED) is 0.780. The third kappa shape index (κ3) is 6.19. The summed E-state index contributed by atoms with van der Waals surface area (Å²) in [5, 5.41) is 2.67. The highest BCUT2D eigenvalue weighted by Crippen LogP contribution is 2.13. The van der Waals surface area contributed by atoms with E-state index in [0.717, 1.165) is 5.56 Å². The first kappa shape index (κ1) is 18.9. The molecule has 0 saturated carbocycles. The van der Waals surface area contributed by atoms with Crippen LogP contribution in [0.25, 0.3) is 0 Å². The zero-order chi connectivity index (χ0) is 18.3. The molecule has 0 aliphatic heterocycles. The monoisotopic (exact) mass is 365 g/mol. The standard InChI is InChI=1S/C18H20FNO4S/c1-24-16-7-4-5-14(11-16)12-20-18(21)9-10-25(22,23)13-15-6-2-3-8-17(15)19/h2-8,11H,9-10,12-13H2,1H3,(H,20,21). The molecule has 0 atom stereocenters. The molecule has 1 N–H and O–H groups in total. The number of hydrogen-bond donors (Lipinski definition) is 1. The van der Waals surface area contributed by atoms with Crippen LogP contribution in [0.15, 0.2) is 48.5 Å². The van der Waals surface area contributed by atoms with E-state index in [4.69, 9.17) is 4.74 Å². The largest absolute Gasteiger partial charge is 0.497 e. The number of rotatable bonds is 8. The molecule has 7 heteroatoms. The number of carbonyl (C=O) groups is 1. The minimum absolute atomic E-state index is 0.110. The highest BCUT2D eigenvalue weighted by atomic mass is 32.2. The predicted octanol–water partition coefficient (Wildman–Crippen LogP) is 2.46. The van der Waals surface area contributed by atoms with Gasteiger partial charge in [-0.1, -0.05) is 30.3 Å². The summed E-state index contributed by atoms with van der Waals surface area (Å²) in [6.45, 7) is 0.281. The molecule has 0 radical (unpaired) electrons. The van der Waals surface area contributed by atoms with Crippen LogP contribution in [0.4, 0.5) is 4.39 Å². The summed E-state index contributed by atoms with van der Waals surface area (Å²) < 4.78 is 42.7. The average molecular weight is 365 g/mol. The fourth-order valence-electron chi connectivity index (χ4n) is 2.24. The summed E-state index contributed by atoms with van der Waals surface area (Å²) in [5.41, 5.74) is 0.959. The molecule has 2 aromatic rings. The van der Waals surface area contributed by atoms with Crippen LogP contribution >= 0.6 is 0 Å². The molecule has 0 fully saturated rings. The second kappa shape index (κ2) is 8.62. The number of carbonyl (C=O) groups excluding carboxylic acids is 1. The Balaban J connectivity index is 1.83. The SMILES string of the molecule is COc1cccc(CNC(=O)CCS(=O)(=O)Cc2ccccc2F)c1. The van der Waals surface area contributed by atoms with Gasteiger partial charge >= 0.3 is 0 Å². The molecule has 2 rings (SSSR count). The number of amides is 1. The molecular formula is C18H20FNO4S. The number of methoxy groups -OCH3 is 1. The molecule has 0 aliphatic carbocycles. The van der Waals surface area contributed by atoms with E-state index in [9.17, 15) is 17.6 Å². The van der Waals surface area contributed by atoms with E-state index in [-0.39, 0.29) is 30.2 Å². The average Bonchev–Trinajstić information content (AvgIpc) is 2.60. The van der Waals surface area contributed by atoms with Gasteiger partial charge in [0.25, 0.3) is 0 Å². The van der Waals surface area contributed by atoms with Crippen molar-refractivity contribution >= 4 is 15.7 Å². The maximum absolute atomic E-state index is 13.5. The van der Waals surface area contributed by atoms with Gasteiger partial charge in [0.15, 0.2) is 9.84 Å². The molecule has 134 valence electrons. The van der Waals surface area contributed by atoms with Gasteiger partial charge in [-0.05, 0) is 23.8 Å². The normalized spacial score (nSPS) is 11.1. The van der Waals surface area contributed by atoms with E-state index in [1.165, 1.54) is 18.2 Å². The minimum atomic E-state index is -3.57. The number of halogens is 1. The van der Waals surface area contributed by atoms with Crippen molar-refractivity contribution < 1.29 is 22.3 Å². The van der Waals surface area contributed by atoms with E-state index in [1.54, 1.807) is 31.4 Å². The fraction of sp³-hybridized carbons (Fsp3) is 0.278. The van der Waals surface area contributed by atoms with E-state index >= 15 is 0 Å². The van der Waals surface area contributed by atoms with Crippen LogP contribution in [0, 0.1) is 5.82 Å². The predicted molar refractivity (Wildman–Crippen MR) is 93.3 cm³/mol. The van der Waals surface area contributed by atoms with Gasteiger partial charge < -0.3 is 10.1 Å². The van der Waals surface area contributed by atoms with E-state index in [2.05, 4.69) is 5.32 Å². The summed E-state index contributed by atoms with van der Waals surface area (Å²) >= 11 is 0. The van der Waals surface area contributed by atoms with Crippen molar-refractivity contribution in [2.45, 2.75) is 18.7 Å². The Morgan fingerprint density at radius 2 is 1.92 bits per heavy atom. The lowest BCUT2D eigenvalue weighted by Crippen LogP contribution is -2.25. The number of nitrogens with one attached hydrogen (secondary N) is 1. The van der Waals surface area contributed by atoms with E-state index < -0.39 is 21.4 Å². The molecule has 0 spiro atoms. The van der Waals surface area contributed by atoms with Crippen molar-refractivity contribution in [3.63, 3.8) is 0 Å². The van der Waals surface area contributed by atoms with Gasteiger partial charge in [-0.2, -0.15) is 0 Å². The second-order valence-electron chi connectivity index (χ2n) is 5.56. The van der Waals surface area contributed by atoms with Crippen LogP contribution in [-0.2, 0) is 26.9 Å². The van der Waals surface area contributed by atoms with Gasteiger partial charge in [0.05, 0.1) is 18.6 Å². The Labute approximate surface area is 146 Å². The van der Waals surface area contributed by atoms with Gasteiger partial charge in [-0.25, -0.2) is 12.8 Å². The molecule has 0 aliphatic rings. The van der Waals surface area contributed by atoms with Crippen LogP contribution in [0.5, 0.6) is 5.75 Å². The van der Waals surface area contributed by atoms with E-state index in [1.807, 2.05) is 6.07 Å². The summed E-state index contributed by atoms with van der Waals surface area (Å²) in [5.74, 6) is -0.999. The lowest BCUT2D eigenvalue weighted by atomic mass is 10.2. The van der Waals surface area contributed by atoms with Crippen LogP contribution in [0.1, 0.15) is 17.5 Å². The van der Waals surface area contributed by atoms with Gasteiger partial charge in [0.2, 0.25) is 5.91 Å². The lowest BCUT2D eigenvalue weighted by Gasteiger charge is -2.08. The first-order chi connectivity index (χ1) is 11.9. The van der Waals surface area contributed by atoms with Gasteiger partial charge in [0.1, 0.15) is 11.6 Å². The van der Waals surface area contributed by atoms with Crippen molar-refractivity contribution in [1.29, 1.82) is 0 Å². The van der Waals surface area contributed by atoms with Crippen molar-refractivity contribution in [2.75, 3.05) is 12.9 Å². The first-order valence-corrected chi connectivity index (χ1v) is 9.55. The Bertz CT molecular complexity index is 836. The highest BCUT2D eigenvalue weighted by Gasteiger charge is 2.16. The lowest BCUT2D eigenvalue weighted by molar-refractivity contribution is -0.120. The Morgan fingerprint density at radius 3 is 2.64 bits per heavy atom.